The molecule has 2 aromatic heterocycles. The van der Waals surface area contributed by atoms with Crippen LogP contribution in [0.25, 0.3) is 10.2 Å². The van der Waals surface area contributed by atoms with Crippen LogP contribution in [0.1, 0.15) is 16.8 Å². The number of methoxy groups -OCH3 is 1. The van der Waals surface area contributed by atoms with E-state index in [1.807, 2.05) is 41.3 Å². The summed E-state index contributed by atoms with van der Waals surface area (Å²) >= 11 is 9.45. The van der Waals surface area contributed by atoms with Crippen molar-refractivity contribution >= 4 is 68.4 Å². The first-order valence-corrected chi connectivity index (χ1v) is 12.1. The molecule has 0 aliphatic rings. The van der Waals surface area contributed by atoms with Crippen molar-refractivity contribution in [1.82, 2.24) is 14.5 Å². The Morgan fingerprint density at radius 3 is 2.69 bits per heavy atom. The molecule has 0 fully saturated rings. The predicted molar refractivity (Wildman–Crippen MR) is 135 cm³/mol. The molecule has 0 spiro atoms. The molecule has 0 bridgehead atoms. The highest BCUT2D eigenvalue weighted by molar-refractivity contribution is 7.98. The molecule has 168 valence electrons. The Morgan fingerprint density at radius 2 is 2.03 bits per heavy atom. The summed E-state index contributed by atoms with van der Waals surface area (Å²) in [5.41, 5.74) is 1.29. The van der Waals surface area contributed by atoms with Crippen LogP contribution in [-0.2, 0) is 6.54 Å². The van der Waals surface area contributed by atoms with E-state index in [9.17, 15) is 4.79 Å². The van der Waals surface area contributed by atoms with E-state index in [1.54, 1.807) is 48.4 Å². The number of amides is 1. The van der Waals surface area contributed by atoms with Crippen LogP contribution in [0, 0.1) is 0 Å². The van der Waals surface area contributed by atoms with E-state index in [4.69, 9.17) is 21.3 Å². The maximum Gasteiger partial charge on any atom is 0.260 e. The molecule has 0 N–H and O–H groups in total. The fraction of sp³-hybridized carbons (Fsp3) is 0.227. The number of aryl methyl sites for hydroxylation is 1. The Balaban J connectivity index is 0.00000289. The van der Waals surface area contributed by atoms with E-state index >= 15 is 0 Å². The summed E-state index contributed by atoms with van der Waals surface area (Å²) in [5, 5.41) is 1.20. The second-order valence-corrected chi connectivity index (χ2v) is 9.03. The molecule has 2 aromatic carbocycles. The highest BCUT2D eigenvalue weighted by Crippen LogP contribution is 2.39. The Labute approximate surface area is 206 Å². The van der Waals surface area contributed by atoms with Gasteiger partial charge in [-0.3, -0.25) is 9.69 Å². The van der Waals surface area contributed by atoms with Gasteiger partial charge in [-0.1, -0.05) is 22.9 Å². The third kappa shape index (κ3) is 5.20. The van der Waals surface area contributed by atoms with Gasteiger partial charge in [0, 0.05) is 35.9 Å². The lowest BCUT2D eigenvalue weighted by atomic mass is 10.2. The van der Waals surface area contributed by atoms with Crippen LogP contribution in [0.3, 0.4) is 0 Å². The molecule has 0 unspecified atom stereocenters. The second-order valence-electron chi connectivity index (χ2n) is 6.76. The topological polar surface area (TPSA) is 60.2 Å². The van der Waals surface area contributed by atoms with Gasteiger partial charge in [-0.2, -0.15) is 0 Å². The van der Waals surface area contributed by atoms with Crippen LogP contribution < -0.4 is 9.64 Å². The number of anilines is 1. The number of thiazole rings is 1. The van der Waals surface area contributed by atoms with E-state index in [-0.39, 0.29) is 18.3 Å². The van der Waals surface area contributed by atoms with E-state index in [0.717, 1.165) is 22.6 Å². The number of imidazole rings is 1. The van der Waals surface area contributed by atoms with Crippen LogP contribution in [-0.4, -0.2) is 40.4 Å². The molecule has 0 aliphatic heterocycles. The number of fused-ring (bicyclic) bond motifs is 1. The van der Waals surface area contributed by atoms with Crippen LogP contribution in [0.15, 0.2) is 60.0 Å². The van der Waals surface area contributed by atoms with Crippen LogP contribution >= 0.6 is 47.1 Å². The number of hydrogen-bond donors (Lipinski definition) is 0. The maximum absolute atomic E-state index is 13.5. The van der Waals surface area contributed by atoms with E-state index in [0.29, 0.717) is 33.5 Å². The number of rotatable bonds is 8. The fourth-order valence-corrected chi connectivity index (χ4v) is 4.91. The third-order valence-corrected chi connectivity index (χ3v) is 7.12. The minimum atomic E-state index is -0.0903. The minimum Gasteiger partial charge on any atom is -0.494 e. The summed E-state index contributed by atoms with van der Waals surface area (Å²) in [7, 11) is 1.60. The van der Waals surface area contributed by atoms with E-state index < -0.39 is 0 Å². The van der Waals surface area contributed by atoms with E-state index in [1.165, 1.54) is 11.3 Å². The van der Waals surface area contributed by atoms with Gasteiger partial charge in [0.05, 0.1) is 23.2 Å². The number of thioether (sulfide) groups is 1. The molecule has 6 nitrogen and oxygen atoms in total. The first kappa shape index (κ1) is 24.4. The van der Waals surface area contributed by atoms with Crippen LogP contribution in [0.5, 0.6) is 5.75 Å². The molecule has 32 heavy (non-hydrogen) atoms. The minimum absolute atomic E-state index is 0. The number of nitrogens with zero attached hydrogens (tertiary/aromatic N) is 4. The predicted octanol–water partition coefficient (Wildman–Crippen LogP) is 6.04. The average molecular weight is 509 g/mol. The smallest absolute Gasteiger partial charge is 0.260 e. The zero-order chi connectivity index (χ0) is 21.8. The van der Waals surface area contributed by atoms with Gasteiger partial charge in [-0.25, -0.2) is 9.97 Å². The SMILES string of the molecule is COc1ccc(Cl)c2sc(N(CCCn3ccnc3)C(=O)c3ccc(SC)cc3)nc12.Cl. The van der Waals surface area contributed by atoms with Gasteiger partial charge in [0.2, 0.25) is 0 Å². The lowest BCUT2D eigenvalue weighted by molar-refractivity contribution is 0.0986. The molecule has 1 amide bonds. The lowest BCUT2D eigenvalue weighted by Gasteiger charge is -2.20. The van der Waals surface area contributed by atoms with Crippen molar-refractivity contribution in [3.8, 4) is 5.75 Å². The van der Waals surface area contributed by atoms with Gasteiger partial charge >= 0.3 is 0 Å². The highest BCUT2D eigenvalue weighted by atomic mass is 35.5. The number of aromatic nitrogens is 3. The van der Waals surface area contributed by atoms with Crippen molar-refractivity contribution in [2.45, 2.75) is 17.9 Å². The summed E-state index contributed by atoms with van der Waals surface area (Å²) in [4.78, 5) is 25.1. The van der Waals surface area contributed by atoms with Crippen molar-refractivity contribution in [2.24, 2.45) is 0 Å². The summed E-state index contributed by atoms with van der Waals surface area (Å²) in [6.07, 6.45) is 8.20. The number of carbonyl (C=O) groups is 1. The second kappa shape index (κ2) is 11.0. The highest BCUT2D eigenvalue weighted by Gasteiger charge is 2.23. The first-order chi connectivity index (χ1) is 15.1. The lowest BCUT2D eigenvalue weighted by Crippen LogP contribution is -2.32. The molecule has 4 rings (SSSR count). The van der Waals surface area contributed by atoms with Crippen molar-refractivity contribution in [1.29, 1.82) is 0 Å². The molecule has 10 heteroatoms. The van der Waals surface area contributed by atoms with Crippen LogP contribution in [0.4, 0.5) is 5.13 Å². The molecule has 4 aromatic rings. The van der Waals surface area contributed by atoms with Crippen molar-refractivity contribution in [3.63, 3.8) is 0 Å². The quantitative estimate of drug-likeness (QED) is 0.271. The Kier molecular flexibility index (Phi) is 8.42. The van der Waals surface area contributed by atoms with E-state index in [2.05, 4.69) is 4.98 Å². The average Bonchev–Trinajstić information content (AvgIpc) is 3.47. The molecule has 0 radical (unpaired) electrons. The molecule has 0 saturated carbocycles. The van der Waals surface area contributed by atoms with Gasteiger partial charge in [0.1, 0.15) is 11.3 Å². The summed E-state index contributed by atoms with van der Waals surface area (Å²) in [6, 6.07) is 11.2. The number of carbonyl (C=O) groups excluding carboxylic acids is 1. The van der Waals surface area contributed by atoms with Gasteiger partial charge in [0.15, 0.2) is 5.13 Å². The molecular formula is C22H22Cl2N4O2S2. The Bertz CT molecular complexity index is 1180. The fourth-order valence-electron chi connectivity index (χ4n) is 3.23. The number of halogens is 2. The van der Waals surface area contributed by atoms with Gasteiger partial charge in [0.25, 0.3) is 5.91 Å². The number of ether oxygens (including phenoxy) is 1. The number of hydrogen-bond acceptors (Lipinski definition) is 6. The molecular weight excluding hydrogens is 487 g/mol. The molecule has 0 saturated heterocycles. The number of benzene rings is 2. The summed E-state index contributed by atoms with van der Waals surface area (Å²) in [5.74, 6) is 0.546. The zero-order valence-corrected chi connectivity index (χ0v) is 20.7. The largest absolute Gasteiger partial charge is 0.494 e. The van der Waals surface area contributed by atoms with Gasteiger partial charge in [-0.15, -0.1) is 24.2 Å². The zero-order valence-electron chi connectivity index (χ0n) is 17.5. The van der Waals surface area contributed by atoms with Crippen molar-refractivity contribution < 1.29 is 9.53 Å². The standard InChI is InChI=1S/C22H21ClN4O2S2.ClH/c1-29-18-9-8-17(23)20-19(18)25-22(31-20)27(12-3-11-26-13-10-24-14-26)21(28)15-4-6-16(30-2)7-5-15;/h4-10,13-14H,3,11-12H2,1-2H3;1H. The van der Waals surface area contributed by atoms with Gasteiger partial charge < -0.3 is 9.30 Å². The first-order valence-electron chi connectivity index (χ1n) is 9.65. The maximum atomic E-state index is 13.5. The normalized spacial score (nSPS) is 10.7. The summed E-state index contributed by atoms with van der Waals surface area (Å²) in [6.45, 7) is 1.27. The van der Waals surface area contributed by atoms with Gasteiger partial charge in [-0.05, 0) is 49.1 Å². The van der Waals surface area contributed by atoms with Crippen molar-refractivity contribution in [2.75, 3.05) is 24.8 Å². The summed E-state index contributed by atoms with van der Waals surface area (Å²) < 4.78 is 8.25. The van der Waals surface area contributed by atoms with Crippen molar-refractivity contribution in [3.05, 3.63) is 65.7 Å². The molecule has 0 aliphatic carbocycles. The molecule has 2 heterocycles. The Hall–Kier alpha value is -2.26. The molecule has 0 atom stereocenters. The monoisotopic (exact) mass is 508 g/mol. The Morgan fingerprint density at radius 1 is 1.25 bits per heavy atom. The van der Waals surface area contributed by atoms with Crippen LogP contribution in [0.2, 0.25) is 5.02 Å². The third-order valence-electron chi connectivity index (χ3n) is 4.84.